The van der Waals surface area contributed by atoms with Crippen molar-refractivity contribution in [2.75, 3.05) is 0 Å². The molecule has 1 aromatic rings. The highest BCUT2D eigenvalue weighted by atomic mass is 32.2. The minimum atomic E-state index is -0.0985. The van der Waals surface area contributed by atoms with E-state index >= 15 is 0 Å². The first-order valence-corrected chi connectivity index (χ1v) is 9.11. The van der Waals surface area contributed by atoms with Crippen LogP contribution in [0, 0.1) is 5.92 Å². The molecule has 0 spiro atoms. The van der Waals surface area contributed by atoms with Crippen molar-refractivity contribution in [2.45, 2.75) is 75.6 Å². The number of unbranched alkanes of at least 4 members (excludes halogenated alkanes) is 3. The molecule has 0 aliphatic carbocycles. The Balaban J connectivity index is 1.89. The molecule has 1 fully saturated rings. The van der Waals surface area contributed by atoms with Crippen LogP contribution < -0.4 is 0 Å². The molecule has 2 rings (SSSR count). The molecule has 1 aromatic carbocycles. The van der Waals surface area contributed by atoms with Gasteiger partial charge in [0, 0.05) is 10.8 Å². The molecule has 2 nitrogen and oxygen atoms in total. The van der Waals surface area contributed by atoms with Gasteiger partial charge in [-0.3, -0.25) is 0 Å². The van der Waals surface area contributed by atoms with Crippen molar-refractivity contribution in [1.29, 1.82) is 0 Å². The van der Waals surface area contributed by atoms with Gasteiger partial charge in [-0.2, -0.15) is 0 Å². The van der Waals surface area contributed by atoms with Crippen LogP contribution in [0.1, 0.15) is 52.9 Å². The fraction of sp³-hybridized carbons (Fsp3) is 0.667. The number of rotatable bonds is 7. The van der Waals surface area contributed by atoms with Crippen LogP contribution in [-0.4, -0.2) is 17.8 Å². The van der Waals surface area contributed by atoms with Gasteiger partial charge in [0.1, 0.15) is 5.44 Å². The van der Waals surface area contributed by atoms with Gasteiger partial charge in [-0.25, -0.2) is 0 Å². The first-order valence-electron chi connectivity index (χ1n) is 8.23. The van der Waals surface area contributed by atoms with Crippen LogP contribution in [0.2, 0.25) is 0 Å². The predicted octanol–water partition coefficient (Wildman–Crippen LogP) is 5.47. The van der Waals surface area contributed by atoms with Gasteiger partial charge in [0.05, 0.1) is 6.10 Å². The predicted molar refractivity (Wildman–Crippen MR) is 89.4 cm³/mol. The Morgan fingerprint density at radius 3 is 2.48 bits per heavy atom. The molecule has 1 saturated heterocycles. The average Bonchev–Trinajstić information content (AvgIpc) is 2.49. The van der Waals surface area contributed by atoms with Crippen LogP contribution in [-0.2, 0) is 9.47 Å². The molecule has 118 valence electrons. The lowest BCUT2D eigenvalue weighted by Crippen LogP contribution is -2.42. The Morgan fingerprint density at radius 2 is 1.76 bits per heavy atom. The second-order valence-corrected chi connectivity index (χ2v) is 7.06. The first kappa shape index (κ1) is 16.9. The Bertz CT molecular complexity index is 395. The maximum Gasteiger partial charge on any atom is 0.156 e. The second kappa shape index (κ2) is 8.82. The highest BCUT2D eigenvalue weighted by Gasteiger charge is 2.35. The second-order valence-electron chi connectivity index (χ2n) is 5.89. The smallest absolute Gasteiger partial charge is 0.156 e. The largest absolute Gasteiger partial charge is 0.349 e. The Hall–Kier alpha value is -0.510. The van der Waals surface area contributed by atoms with Crippen molar-refractivity contribution in [3.05, 3.63) is 30.3 Å². The topological polar surface area (TPSA) is 18.5 Å². The van der Waals surface area contributed by atoms with Crippen molar-refractivity contribution in [3.8, 4) is 0 Å². The van der Waals surface area contributed by atoms with E-state index in [1.54, 1.807) is 0 Å². The zero-order chi connectivity index (χ0) is 15.1. The van der Waals surface area contributed by atoms with Crippen LogP contribution in [0.15, 0.2) is 35.2 Å². The third-order valence-corrected chi connectivity index (χ3v) is 5.36. The number of thioether (sulfide) groups is 1. The summed E-state index contributed by atoms with van der Waals surface area (Å²) in [6.45, 7) is 6.53. The molecule has 0 N–H and O–H groups in total. The third-order valence-electron chi connectivity index (χ3n) is 4.05. The van der Waals surface area contributed by atoms with Crippen molar-refractivity contribution >= 4 is 11.8 Å². The van der Waals surface area contributed by atoms with Gasteiger partial charge in [0.25, 0.3) is 0 Å². The highest BCUT2D eigenvalue weighted by Crippen LogP contribution is 2.37. The van der Waals surface area contributed by atoms with Crippen LogP contribution in [0.4, 0.5) is 0 Å². The normalized spacial score (nSPS) is 29.5. The van der Waals surface area contributed by atoms with Crippen LogP contribution in [0.3, 0.4) is 0 Å². The summed E-state index contributed by atoms with van der Waals surface area (Å²) in [7, 11) is 0. The quantitative estimate of drug-likeness (QED) is 0.622. The molecule has 0 saturated carbocycles. The standard InChI is InChI=1S/C18H28O2S/c1-4-5-6-10-13-17-14(2)18(20-15(3)19-17)21-16-11-8-7-9-12-16/h7-9,11-12,14-15,17-18H,4-6,10,13H2,1-3H3/t14-,15+,17+,18?/m1/s1. The van der Waals surface area contributed by atoms with Crippen molar-refractivity contribution in [3.63, 3.8) is 0 Å². The average molecular weight is 308 g/mol. The molecule has 1 aliphatic heterocycles. The van der Waals surface area contributed by atoms with Gasteiger partial charge in [0.2, 0.25) is 0 Å². The van der Waals surface area contributed by atoms with Crippen molar-refractivity contribution in [2.24, 2.45) is 5.92 Å². The van der Waals surface area contributed by atoms with E-state index in [-0.39, 0.29) is 11.7 Å². The Kier molecular flexibility index (Phi) is 7.08. The molecule has 4 atom stereocenters. The molecule has 3 heteroatoms. The molecule has 0 aromatic heterocycles. The van der Waals surface area contributed by atoms with Gasteiger partial charge in [-0.1, -0.05) is 69.5 Å². The molecule has 1 heterocycles. The number of benzene rings is 1. The summed E-state index contributed by atoms with van der Waals surface area (Å²) >= 11 is 1.82. The monoisotopic (exact) mass is 308 g/mol. The van der Waals surface area contributed by atoms with Crippen LogP contribution in [0.5, 0.6) is 0 Å². The fourth-order valence-electron chi connectivity index (χ4n) is 2.76. The van der Waals surface area contributed by atoms with E-state index in [1.807, 2.05) is 18.7 Å². The third kappa shape index (κ3) is 5.32. The molecule has 21 heavy (non-hydrogen) atoms. The van der Waals surface area contributed by atoms with E-state index in [1.165, 1.54) is 30.6 Å². The lowest BCUT2D eigenvalue weighted by Gasteiger charge is -2.39. The number of ether oxygens (including phenoxy) is 2. The summed E-state index contributed by atoms with van der Waals surface area (Å²) in [4.78, 5) is 1.27. The number of hydrogen-bond acceptors (Lipinski definition) is 3. The molecule has 0 amide bonds. The lowest BCUT2D eigenvalue weighted by atomic mass is 9.98. The maximum absolute atomic E-state index is 6.01. The van der Waals surface area contributed by atoms with E-state index in [0.29, 0.717) is 12.0 Å². The molecule has 0 bridgehead atoms. The summed E-state index contributed by atoms with van der Waals surface area (Å²) < 4.78 is 12.0. The van der Waals surface area contributed by atoms with Crippen molar-refractivity contribution in [1.82, 2.24) is 0 Å². The summed E-state index contributed by atoms with van der Waals surface area (Å²) in [5.74, 6) is 0.424. The Labute approximate surface area is 133 Å². The van der Waals surface area contributed by atoms with Gasteiger partial charge in [-0.15, -0.1) is 0 Å². The van der Waals surface area contributed by atoms with Gasteiger partial charge in [0.15, 0.2) is 6.29 Å². The van der Waals surface area contributed by atoms with Crippen LogP contribution in [0.25, 0.3) is 0 Å². The van der Waals surface area contributed by atoms with E-state index in [2.05, 4.69) is 44.2 Å². The van der Waals surface area contributed by atoms with Gasteiger partial charge < -0.3 is 9.47 Å². The van der Waals surface area contributed by atoms with Crippen molar-refractivity contribution < 1.29 is 9.47 Å². The minimum absolute atomic E-state index is 0.0985. The van der Waals surface area contributed by atoms with E-state index in [0.717, 1.165) is 6.42 Å². The molecular formula is C18H28O2S. The molecule has 1 aliphatic rings. The van der Waals surface area contributed by atoms with E-state index in [4.69, 9.17) is 9.47 Å². The van der Waals surface area contributed by atoms with E-state index in [9.17, 15) is 0 Å². The molecule has 1 unspecified atom stereocenters. The number of hydrogen-bond donors (Lipinski definition) is 0. The lowest BCUT2D eigenvalue weighted by molar-refractivity contribution is -0.236. The summed E-state index contributed by atoms with van der Waals surface area (Å²) in [5.41, 5.74) is 0.187. The van der Waals surface area contributed by atoms with Gasteiger partial charge >= 0.3 is 0 Å². The molecular weight excluding hydrogens is 280 g/mol. The first-order chi connectivity index (χ1) is 10.2. The van der Waals surface area contributed by atoms with Crippen LogP contribution >= 0.6 is 11.8 Å². The zero-order valence-corrected chi connectivity index (χ0v) is 14.3. The SMILES string of the molecule is CCCCCC[C@@H]1O[C@H](C)OC(Sc2ccccc2)[C@@H]1C. The minimum Gasteiger partial charge on any atom is -0.349 e. The fourth-order valence-corrected chi connectivity index (χ4v) is 3.95. The van der Waals surface area contributed by atoms with E-state index < -0.39 is 0 Å². The zero-order valence-electron chi connectivity index (χ0n) is 13.5. The summed E-state index contributed by atoms with van der Waals surface area (Å²) in [6.07, 6.45) is 6.57. The summed E-state index contributed by atoms with van der Waals surface area (Å²) in [6, 6.07) is 10.5. The highest BCUT2D eigenvalue weighted by molar-refractivity contribution is 7.99. The summed E-state index contributed by atoms with van der Waals surface area (Å²) in [5, 5.41) is 0. The van der Waals surface area contributed by atoms with Gasteiger partial charge in [-0.05, 0) is 25.5 Å². The Morgan fingerprint density at radius 1 is 1.00 bits per heavy atom. The molecule has 0 radical (unpaired) electrons. The maximum atomic E-state index is 6.01.